The van der Waals surface area contributed by atoms with E-state index in [0.29, 0.717) is 10.8 Å². The summed E-state index contributed by atoms with van der Waals surface area (Å²) in [6.07, 6.45) is 3.12. The van der Waals surface area contributed by atoms with E-state index in [9.17, 15) is 9.59 Å². The molecule has 0 spiro atoms. The summed E-state index contributed by atoms with van der Waals surface area (Å²) in [7, 11) is 0. The number of benzene rings is 2. The highest BCUT2D eigenvalue weighted by molar-refractivity contribution is 6.35. The zero-order chi connectivity index (χ0) is 18.5. The van der Waals surface area contributed by atoms with Crippen LogP contribution in [0.5, 0.6) is 5.75 Å². The molecular weight excluding hydrogens is 354 g/mol. The number of carbonyl (C=O) groups excluding carboxylic acids is 2. The van der Waals surface area contributed by atoms with Gasteiger partial charge in [0.15, 0.2) is 13.2 Å². The van der Waals surface area contributed by atoms with Gasteiger partial charge in [0.2, 0.25) is 0 Å². The number of carbonyl (C=O) groups is 2. The fraction of sp³-hybridized carbons (Fsp3) is 0.400. The predicted octanol–water partition coefficient (Wildman–Crippen LogP) is 3.82. The summed E-state index contributed by atoms with van der Waals surface area (Å²) in [4.78, 5) is 25.9. The molecule has 1 amide bonds. The quantitative estimate of drug-likeness (QED) is 0.745. The Hall–Kier alpha value is -2.27. The van der Waals surface area contributed by atoms with Crippen LogP contribution >= 0.6 is 11.6 Å². The molecule has 0 unspecified atom stereocenters. The number of likely N-dealkylation sites (tertiary alicyclic amines) is 1. The van der Waals surface area contributed by atoms with Crippen LogP contribution < -0.4 is 4.74 Å². The van der Waals surface area contributed by atoms with Crippen molar-refractivity contribution in [1.29, 1.82) is 0 Å². The molecule has 5 nitrogen and oxygen atoms in total. The lowest BCUT2D eigenvalue weighted by Gasteiger charge is -2.33. The summed E-state index contributed by atoms with van der Waals surface area (Å²) in [5.41, 5.74) is 0. The third kappa shape index (κ3) is 4.28. The van der Waals surface area contributed by atoms with Crippen molar-refractivity contribution in [3.63, 3.8) is 0 Å². The molecule has 6 heteroatoms. The molecule has 1 aliphatic rings. The summed E-state index contributed by atoms with van der Waals surface area (Å²) >= 11 is 6.17. The van der Waals surface area contributed by atoms with Crippen LogP contribution in [0.15, 0.2) is 36.4 Å². The van der Waals surface area contributed by atoms with Crippen molar-refractivity contribution in [2.45, 2.75) is 32.2 Å². The van der Waals surface area contributed by atoms with Gasteiger partial charge in [0.1, 0.15) is 5.75 Å². The molecule has 0 bridgehead atoms. The van der Waals surface area contributed by atoms with Crippen LogP contribution in [0.25, 0.3) is 10.8 Å². The molecule has 1 aliphatic heterocycles. The molecule has 0 aliphatic carbocycles. The van der Waals surface area contributed by atoms with E-state index in [1.807, 2.05) is 31.2 Å². The number of halogens is 1. The summed E-state index contributed by atoms with van der Waals surface area (Å²) in [5.74, 6) is -0.164. The molecule has 3 rings (SSSR count). The first-order valence-corrected chi connectivity index (χ1v) is 9.19. The first-order chi connectivity index (χ1) is 12.6. The van der Waals surface area contributed by atoms with Gasteiger partial charge in [-0.25, -0.2) is 4.79 Å². The van der Waals surface area contributed by atoms with Gasteiger partial charge in [-0.15, -0.1) is 0 Å². The van der Waals surface area contributed by atoms with Gasteiger partial charge < -0.3 is 14.4 Å². The molecule has 0 saturated carbocycles. The third-order valence-electron chi connectivity index (χ3n) is 4.66. The highest BCUT2D eigenvalue weighted by atomic mass is 35.5. The standard InChI is InChI=1S/C20H22ClNO4/c1-14-6-4-5-11-22(14)19(23)12-26-20(24)13-25-18-10-9-17(21)15-7-2-3-8-16(15)18/h2-3,7-10,14H,4-6,11-13H2,1H3/t14-/m0/s1. The number of amides is 1. The van der Waals surface area contributed by atoms with Crippen LogP contribution in [0.1, 0.15) is 26.2 Å². The Kier molecular flexibility index (Phi) is 5.99. The second kappa shape index (κ2) is 8.41. The molecule has 2 aromatic carbocycles. The van der Waals surface area contributed by atoms with Crippen molar-refractivity contribution < 1.29 is 19.1 Å². The minimum Gasteiger partial charge on any atom is -0.481 e. The molecule has 0 aromatic heterocycles. The highest BCUT2D eigenvalue weighted by Crippen LogP contribution is 2.31. The third-order valence-corrected chi connectivity index (χ3v) is 4.99. The van der Waals surface area contributed by atoms with Gasteiger partial charge in [-0.1, -0.05) is 35.9 Å². The maximum Gasteiger partial charge on any atom is 0.344 e. The van der Waals surface area contributed by atoms with E-state index < -0.39 is 5.97 Å². The van der Waals surface area contributed by atoms with Crippen molar-refractivity contribution in [1.82, 2.24) is 4.90 Å². The fourth-order valence-corrected chi connectivity index (χ4v) is 3.46. The Morgan fingerprint density at radius 1 is 1.12 bits per heavy atom. The lowest BCUT2D eigenvalue weighted by molar-refractivity contribution is -0.154. The van der Waals surface area contributed by atoms with Crippen LogP contribution in [-0.2, 0) is 14.3 Å². The van der Waals surface area contributed by atoms with Gasteiger partial charge in [0.05, 0.1) is 0 Å². The molecule has 2 aromatic rings. The molecule has 26 heavy (non-hydrogen) atoms. The first kappa shape index (κ1) is 18.5. The molecule has 1 saturated heterocycles. The predicted molar refractivity (Wildman–Crippen MR) is 100 cm³/mol. The number of fused-ring (bicyclic) bond motifs is 1. The van der Waals surface area contributed by atoms with E-state index in [0.717, 1.165) is 36.6 Å². The van der Waals surface area contributed by atoms with E-state index in [-0.39, 0.29) is 25.2 Å². The van der Waals surface area contributed by atoms with Crippen LogP contribution in [0.4, 0.5) is 0 Å². The summed E-state index contributed by atoms with van der Waals surface area (Å²) in [6.45, 7) is 2.25. The summed E-state index contributed by atoms with van der Waals surface area (Å²) in [6, 6.07) is 11.2. The molecule has 1 heterocycles. The second-order valence-electron chi connectivity index (χ2n) is 6.47. The van der Waals surface area contributed by atoms with Gasteiger partial charge in [0, 0.05) is 28.4 Å². The zero-order valence-corrected chi connectivity index (χ0v) is 15.5. The molecule has 0 N–H and O–H groups in total. The Labute approximate surface area is 157 Å². The zero-order valence-electron chi connectivity index (χ0n) is 14.7. The van der Waals surface area contributed by atoms with Crippen LogP contribution in [0.2, 0.25) is 5.02 Å². The topological polar surface area (TPSA) is 55.8 Å². The molecule has 0 radical (unpaired) electrons. The van der Waals surface area contributed by atoms with Gasteiger partial charge in [0.25, 0.3) is 5.91 Å². The average molecular weight is 376 g/mol. The normalized spacial score (nSPS) is 17.2. The Bertz CT molecular complexity index is 807. The molecule has 1 atom stereocenters. The van der Waals surface area contributed by atoms with Crippen molar-refractivity contribution >= 4 is 34.2 Å². The van der Waals surface area contributed by atoms with Crippen molar-refractivity contribution in [3.8, 4) is 5.75 Å². The largest absolute Gasteiger partial charge is 0.481 e. The van der Waals surface area contributed by atoms with Crippen molar-refractivity contribution in [2.24, 2.45) is 0 Å². The number of nitrogens with zero attached hydrogens (tertiary/aromatic N) is 1. The van der Waals surface area contributed by atoms with E-state index in [1.165, 1.54) is 0 Å². The molecule has 138 valence electrons. The Morgan fingerprint density at radius 2 is 1.88 bits per heavy atom. The van der Waals surface area contributed by atoms with Crippen LogP contribution in [-0.4, -0.2) is 42.6 Å². The Morgan fingerprint density at radius 3 is 2.65 bits per heavy atom. The van der Waals surface area contributed by atoms with Crippen LogP contribution in [0, 0.1) is 0 Å². The molecule has 1 fully saturated rings. The molecular formula is C20H22ClNO4. The maximum absolute atomic E-state index is 12.2. The summed E-state index contributed by atoms with van der Waals surface area (Å²) < 4.78 is 10.7. The van der Waals surface area contributed by atoms with E-state index in [1.54, 1.807) is 17.0 Å². The SMILES string of the molecule is C[C@H]1CCCCN1C(=O)COC(=O)COc1ccc(Cl)c2ccccc12. The lowest BCUT2D eigenvalue weighted by atomic mass is 10.0. The fourth-order valence-electron chi connectivity index (χ4n) is 3.23. The number of hydrogen-bond acceptors (Lipinski definition) is 4. The van der Waals surface area contributed by atoms with Gasteiger partial charge in [-0.2, -0.15) is 0 Å². The lowest BCUT2D eigenvalue weighted by Crippen LogP contribution is -2.44. The Balaban J connectivity index is 1.53. The van der Waals surface area contributed by atoms with Gasteiger partial charge in [-0.05, 0) is 38.3 Å². The van der Waals surface area contributed by atoms with E-state index >= 15 is 0 Å². The second-order valence-corrected chi connectivity index (χ2v) is 6.88. The van der Waals surface area contributed by atoms with Gasteiger partial charge in [-0.3, -0.25) is 4.79 Å². The minimum absolute atomic E-state index is 0.150. The number of ether oxygens (including phenoxy) is 2. The number of piperidine rings is 1. The number of rotatable bonds is 5. The summed E-state index contributed by atoms with van der Waals surface area (Å²) in [5, 5.41) is 2.30. The number of esters is 1. The smallest absolute Gasteiger partial charge is 0.344 e. The first-order valence-electron chi connectivity index (χ1n) is 8.81. The van der Waals surface area contributed by atoms with E-state index in [4.69, 9.17) is 21.1 Å². The van der Waals surface area contributed by atoms with Gasteiger partial charge >= 0.3 is 5.97 Å². The van der Waals surface area contributed by atoms with Crippen molar-refractivity contribution in [3.05, 3.63) is 41.4 Å². The monoisotopic (exact) mass is 375 g/mol. The number of hydrogen-bond donors (Lipinski definition) is 0. The van der Waals surface area contributed by atoms with Crippen molar-refractivity contribution in [2.75, 3.05) is 19.8 Å². The maximum atomic E-state index is 12.2. The highest BCUT2D eigenvalue weighted by Gasteiger charge is 2.24. The van der Waals surface area contributed by atoms with Crippen LogP contribution in [0.3, 0.4) is 0 Å². The average Bonchev–Trinajstić information content (AvgIpc) is 2.66. The van der Waals surface area contributed by atoms with E-state index in [2.05, 4.69) is 0 Å². The minimum atomic E-state index is -0.568.